The molecule has 0 fully saturated rings. The number of fused-ring (bicyclic) bond motifs is 1. The number of anilines is 1. The normalized spacial score (nSPS) is 13.2. The summed E-state index contributed by atoms with van der Waals surface area (Å²) >= 11 is 7.39. The van der Waals surface area contributed by atoms with Crippen LogP contribution >= 0.6 is 22.9 Å². The molecule has 27 heavy (non-hydrogen) atoms. The van der Waals surface area contributed by atoms with Gasteiger partial charge in [0.15, 0.2) is 11.5 Å². The van der Waals surface area contributed by atoms with Gasteiger partial charge in [-0.25, -0.2) is 0 Å². The minimum Gasteiger partial charge on any atom is -0.365 e. The molecule has 3 aromatic rings. The Morgan fingerprint density at radius 3 is 2.81 bits per heavy atom. The van der Waals surface area contributed by atoms with Gasteiger partial charge < -0.3 is 15.6 Å². The predicted molar refractivity (Wildman–Crippen MR) is 104 cm³/mol. The fraction of sp³-hybridized carbons (Fsp3) is 0.211. The minimum absolute atomic E-state index is 0.117. The molecule has 0 spiro atoms. The van der Waals surface area contributed by atoms with E-state index in [1.54, 1.807) is 24.3 Å². The van der Waals surface area contributed by atoms with Crippen molar-refractivity contribution in [1.82, 2.24) is 5.16 Å². The van der Waals surface area contributed by atoms with E-state index in [2.05, 4.69) is 10.5 Å². The molecule has 3 N–H and O–H groups in total. The predicted octanol–water partition coefficient (Wildman–Crippen LogP) is 4.29. The van der Waals surface area contributed by atoms with Crippen LogP contribution in [-0.2, 0) is 12.8 Å². The summed E-state index contributed by atoms with van der Waals surface area (Å²) in [5.41, 5.74) is 7.78. The van der Waals surface area contributed by atoms with Crippen molar-refractivity contribution in [2.45, 2.75) is 25.7 Å². The molecule has 0 atom stereocenters. The van der Waals surface area contributed by atoms with E-state index in [0.29, 0.717) is 21.3 Å². The fourth-order valence-corrected chi connectivity index (χ4v) is 4.72. The summed E-state index contributed by atoms with van der Waals surface area (Å²) in [6.07, 6.45) is 3.80. The van der Waals surface area contributed by atoms with Gasteiger partial charge >= 0.3 is 0 Å². The summed E-state index contributed by atoms with van der Waals surface area (Å²) in [7, 11) is 0. The molecule has 0 aliphatic heterocycles. The van der Waals surface area contributed by atoms with Crippen LogP contribution in [0.15, 0.2) is 34.9 Å². The van der Waals surface area contributed by atoms with Crippen LogP contribution in [-0.4, -0.2) is 17.0 Å². The van der Waals surface area contributed by atoms with E-state index in [0.717, 1.165) is 41.7 Å². The van der Waals surface area contributed by atoms with Crippen molar-refractivity contribution < 1.29 is 14.1 Å². The van der Waals surface area contributed by atoms with Gasteiger partial charge in [0, 0.05) is 21.5 Å². The molecule has 2 heterocycles. The van der Waals surface area contributed by atoms with Crippen LogP contribution in [0.1, 0.15) is 44.1 Å². The quantitative estimate of drug-likeness (QED) is 0.681. The van der Waals surface area contributed by atoms with E-state index in [1.807, 2.05) is 6.07 Å². The zero-order valence-corrected chi connectivity index (χ0v) is 15.8. The molecule has 0 unspecified atom stereocenters. The maximum atomic E-state index is 12.6. The maximum Gasteiger partial charge on any atom is 0.278 e. The lowest BCUT2D eigenvalue weighted by Gasteiger charge is -2.11. The number of rotatable bonds is 4. The van der Waals surface area contributed by atoms with Gasteiger partial charge in [-0.2, -0.15) is 0 Å². The first-order valence-corrected chi connectivity index (χ1v) is 9.70. The number of hydrogen-bond donors (Lipinski definition) is 2. The third-order valence-corrected chi connectivity index (χ3v) is 5.94. The molecule has 2 aromatic heterocycles. The highest BCUT2D eigenvalue weighted by Crippen LogP contribution is 2.38. The van der Waals surface area contributed by atoms with Crippen molar-refractivity contribution in [3.05, 3.63) is 57.1 Å². The van der Waals surface area contributed by atoms with Gasteiger partial charge in [0.1, 0.15) is 5.00 Å². The summed E-state index contributed by atoms with van der Waals surface area (Å²) in [4.78, 5) is 25.6. The molecule has 4 rings (SSSR count). The van der Waals surface area contributed by atoms with E-state index in [4.69, 9.17) is 21.9 Å². The number of aromatic nitrogens is 1. The minimum atomic E-state index is -0.524. The number of halogens is 1. The number of benzene rings is 1. The third kappa shape index (κ3) is 3.48. The number of nitrogens with zero attached hydrogens (tertiary/aromatic N) is 1. The Morgan fingerprint density at radius 1 is 1.22 bits per heavy atom. The van der Waals surface area contributed by atoms with E-state index >= 15 is 0 Å². The van der Waals surface area contributed by atoms with Crippen molar-refractivity contribution in [1.29, 1.82) is 0 Å². The van der Waals surface area contributed by atoms with Crippen molar-refractivity contribution in [2.24, 2.45) is 5.73 Å². The first-order chi connectivity index (χ1) is 13.0. The summed E-state index contributed by atoms with van der Waals surface area (Å²) in [5, 5.41) is 7.64. The maximum absolute atomic E-state index is 12.6. The van der Waals surface area contributed by atoms with Crippen LogP contribution in [0.5, 0.6) is 0 Å². The van der Waals surface area contributed by atoms with Crippen molar-refractivity contribution in [3.8, 4) is 11.3 Å². The van der Waals surface area contributed by atoms with Gasteiger partial charge in [0.25, 0.3) is 11.8 Å². The van der Waals surface area contributed by atoms with Gasteiger partial charge in [-0.15, -0.1) is 11.3 Å². The SMILES string of the molecule is NC(=O)c1c(NC(=O)c2cc(-c3cccc(Cl)c3)on2)sc2c1CCCC2. The number of nitrogens with one attached hydrogen (secondary N) is 1. The Hall–Kier alpha value is -2.64. The summed E-state index contributed by atoms with van der Waals surface area (Å²) in [6.45, 7) is 0. The molecule has 0 saturated heterocycles. The van der Waals surface area contributed by atoms with Gasteiger partial charge in [0.2, 0.25) is 0 Å². The topological polar surface area (TPSA) is 98.2 Å². The van der Waals surface area contributed by atoms with E-state index < -0.39 is 11.8 Å². The van der Waals surface area contributed by atoms with Gasteiger partial charge in [-0.1, -0.05) is 28.9 Å². The van der Waals surface area contributed by atoms with E-state index in [-0.39, 0.29) is 5.69 Å². The highest BCUT2D eigenvalue weighted by atomic mass is 35.5. The number of carbonyl (C=O) groups is 2. The molecule has 0 radical (unpaired) electrons. The molecule has 1 aromatic carbocycles. The molecule has 138 valence electrons. The average molecular weight is 402 g/mol. The molecule has 8 heteroatoms. The Balaban J connectivity index is 1.60. The standard InChI is InChI=1S/C19H16ClN3O3S/c20-11-5-3-4-10(8-11)14-9-13(23-26-14)18(25)22-19-16(17(21)24)12-6-1-2-7-15(12)27-19/h3-5,8-9H,1-2,6-7H2,(H2,21,24)(H,22,25). The van der Waals surface area contributed by atoms with E-state index in [9.17, 15) is 9.59 Å². The zero-order chi connectivity index (χ0) is 19.0. The smallest absolute Gasteiger partial charge is 0.278 e. The highest BCUT2D eigenvalue weighted by molar-refractivity contribution is 7.17. The highest BCUT2D eigenvalue weighted by Gasteiger charge is 2.26. The van der Waals surface area contributed by atoms with Crippen LogP contribution in [0.2, 0.25) is 5.02 Å². The van der Waals surface area contributed by atoms with Crippen LogP contribution in [0, 0.1) is 0 Å². The Morgan fingerprint density at radius 2 is 2.04 bits per heavy atom. The average Bonchev–Trinajstić information content (AvgIpc) is 3.26. The Bertz CT molecular complexity index is 1040. The van der Waals surface area contributed by atoms with Crippen molar-refractivity contribution in [2.75, 3.05) is 5.32 Å². The van der Waals surface area contributed by atoms with Crippen LogP contribution in [0.25, 0.3) is 11.3 Å². The van der Waals surface area contributed by atoms with Crippen molar-refractivity contribution >= 4 is 39.8 Å². The monoisotopic (exact) mass is 401 g/mol. The summed E-state index contributed by atoms with van der Waals surface area (Å²) < 4.78 is 5.27. The summed E-state index contributed by atoms with van der Waals surface area (Å²) in [5.74, 6) is -0.541. The molecule has 1 aliphatic carbocycles. The second-order valence-corrected chi connectivity index (χ2v) is 7.86. The number of hydrogen-bond acceptors (Lipinski definition) is 5. The van der Waals surface area contributed by atoms with Crippen LogP contribution < -0.4 is 11.1 Å². The number of thiophene rings is 1. The first-order valence-electron chi connectivity index (χ1n) is 8.51. The molecule has 0 bridgehead atoms. The molecular weight excluding hydrogens is 386 g/mol. The van der Waals surface area contributed by atoms with Gasteiger partial charge in [-0.05, 0) is 43.4 Å². The number of primary amides is 1. The fourth-order valence-electron chi connectivity index (χ4n) is 3.24. The first kappa shape index (κ1) is 17.8. The number of aryl methyl sites for hydroxylation is 1. The molecular formula is C19H16ClN3O3S. The largest absolute Gasteiger partial charge is 0.365 e. The molecule has 2 amide bonds. The number of carbonyl (C=O) groups excluding carboxylic acids is 2. The van der Waals surface area contributed by atoms with Gasteiger partial charge in [-0.3, -0.25) is 9.59 Å². The Labute approximate surface area is 164 Å². The van der Waals surface area contributed by atoms with E-state index in [1.165, 1.54) is 11.3 Å². The number of amides is 2. The second kappa shape index (κ2) is 7.17. The second-order valence-electron chi connectivity index (χ2n) is 6.32. The summed E-state index contributed by atoms with van der Waals surface area (Å²) in [6, 6.07) is 8.61. The lowest BCUT2D eigenvalue weighted by Crippen LogP contribution is -2.18. The van der Waals surface area contributed by atoms with Crippen LogP contribution in [0.4, 0.5) is 5.00 Å². The molecule has 1 aliphatic rings. The van der Waals surface area contributed by atoms with Gasteiger partial charge in [0.05, 0.1) is 5.56 Å². The third-order valence-electron chi connectivity index (χ3n) is 4.50. The van der Waals surface area contributed by atoms with Crippen LogP contribution in [0.3, 0.4) is 0 Å². The molecule has 0 saturated carbocycles. The number of nitrogens with two attached hydrogens (primary N) is 1. The molecule has 6 nitrogen and oxygen atoms in total. The zero-order valence-electron chi connectivity index (χ0n) is 14.3. The lowest BCUT2D eigenvalue weighted by atomic mass is 9.95. The Kier molecular flexibility index (Phi) is 4.72. The van der Waals surface area contributed by atoms with Crippen molar-refractivity contribution in [3.63, 3.8) is 0 Å². The lowest BCUT2D eigenvalue weighted by molar-refractivity contribution is 0.100.